The van der Waals surface area contributed by atoms with E-state index in [1.165, 1.54) is 0 Å². The standard InChI is InChI=1S/C14H11ClNO/c1-10(13-5-6-16-14(15)8-13)12-4-2-3-11(7-12)9-17/h2-10H,1H2. The van der Waals surface area contributed by atoms with Gasteiger partial charge < -0.3 is 0 Å². The van der Waals surface area contributed by atoms with Crippen molar-refractivity contribution in [3.8, 4) is 0 Å². The highest BCUT2D eigenvalue weighted by atomic mass is 35.5. The number of rotatable bonds is 3. The van der Waals surface area contributed by atoms with Crippen LogP contribution in [0, 0.1) is 6.92 Å². The second-order valence-electron chi connectivity index (χ2n) is 3.75. The molecule has 0 N–H and O–H groups in total. The van der Waals surface area contributed by atoms with Crippen LogP contribution < -0.4 is 0 Å². The van der Waals surface area contributed by atoms with Gasteiger partial charge in [0.05, 0.1) is 0 Å². The Balaban J connectivity index is 2.36. The van der Waals surface area contributed by atoms with Gasteiger partial charge in [0.1, 0.15) is 11.4 Å². The van der Waals surface area contributed by atoms with Gasteiger partial charge in [-0.1, -0.05) is 29.8 Å². The first-order valence-electron chi connectivity index (χ1n) is 5.20. The van der Waals surface area contributed by atoms with Crippen molar-refractivity contribution in [3.63, 3.8) is 0 Å². The van der Waals surface area contributed by atoms with Crippen LogP contribution in [0.4, 0.5) is 0 Å². The van der Waals surface area contributed by atoms with Crippen LogP contribution in [0.5, 0.6) is 0 Å². The zero-order chi connectivity index (χ0) is 12.3. The minimum absolute atomic E-state index is 0.0598. The van der Waals surface area contributed by atoms with Crippen molar-refractivity contribution in [2.45, 2.75) is 5.92 Å². The molecule has 1 radical (unpaired) electrons. The fourth-order valence-electron chi connectivity index (χ4n) is 1.68. The monoisotopic (exact) mass is 244 g/mol. The SMILES string of the molecule is [CH2]C(c1cccc(C=O)c1)c1ccnc(Cl)c1. The number of nitrogens with zero attached hydrogens (tertiary/aromatic N) is 1. The van der Waals surface area contributed by atoms with Gasteiger partial charge in [-0.05, 0) is 36.2 Å². The average molecular weight is 245 g/mol. The Labute approximate surface area is 105 Å². The van der Waals surface area contributed by atoms with Crippen molar-refractivity contribution in [3.05, 3.63) is 71.4 Å². The lowest BCUT2D eigenvalue weighted by atomic mass is 9.93. The lowest BCUT2D eigenvalue weighted by Gasteiger charge is -2.12. The predicted octanol–water partition coefficient (Wildman–Crippen LogP) is 3.51. The number of aldehydes is 1. The van der Waals surface area contributed by atoms with Gasteiger partial charge in [-0.2, -0.15) is 0 Å². The number of pyridine rings is 1. The molecule has 0 aliphatic rings. The van der Waals surface area contributed by atoms with Gasteiger partial charge in [-0.3, -0.25) is 4.79 Å². The molecule has 1 aromatic heterocycles. The molecular weight excluding hydrogens is 234 g/mol. The van der Waals surface area contributed by atoms with Crippen molar-refractivity contribution in [2.75, 3.05) is 0 Å². The third kappa shape index (κ3) is 2.71. The largest absolute Gasteiger partial charge is 0.298 e. The molecule has 1 heterocycles. The Morgan fingerprint density at radius 1 is 1.24 bits per heavy atom. The summed E-state index contributed by atoms with van der Waals surface area (Å²) in [6, 6.07) is 11.0. The first kappa shape index (κ1) is 11.8. The highest BCUT2D eigenvalue weighted by molar-refractivity contribution is 6.29. The first-order chi connectivity index (χ1) is 8.20. The Morgan fingerprint density at radius 3 is 2.71 bits per heavy atom. The van der Waals surface area contributed by atoms with Gasteiger partial charge in [0.2, 0.25) is 0 Å². The molecule has 3 heteroatoms. The molecule has 1 aromatic carbocycles. The third-order valence-electron chi connectivity index (χ3n) is 2.60. The first-order valence-corrected chi connectivity index (χ1v) is 5.58. The summed E-state index contributed by atoms with van der Waals surface area (Å²) >= 11 is 5.84. The molecule has 2 rings (SSSR count). The molecule has 1 unspecified atom stereocenters. The van der Waals surface area contributed by atoms with E-state index in [0.29, 0.717) is 10.7 Å². The van der Waals surface area contributed by atoms with Crippen molar-refractivity contribution in [1.82, 2.24) is 4.98 Å². The fraction of sp³-hybridized carbons (Fsp3) is 0.0714. The number of carbonyl (C=O) groups excluding carboxylic acids is 1. The van der Waals surface area contributed by atoms with Crippen molar-refractivity contribution >= 4 is 17.9 Å². The van der Waals surface area contributed by atoms with Crippen LogP contribution in [0.3, 0.4) is 0 Å². The van der Waals surface area contributed by atoms with E-state index in [-0.39, 0.29) is 5.92 Å². The highest BCUT2D eigenvalue weighted by Gasteiger charge is 2.09. The summed E-state index contributed by atoms with van der Waals surface area (Å²) in [5, 5.41) is 0.447. The molecule has 2 aromatic rings. The number of hydrogen-bond donors (Lipinski definition) is 0. The van der Waals surface area contributed by atoms with E-state index in [2.05, 4.69) is 11.9 Å². The summed E-state index contributed by atoms with van der Waals surface area (Å²) in [5.74, 6) is -0.0598. The molecule has 0 fully saturated rings. The minimum atomic E-state index is -0.0598. The van der Waals surface area contributed by atoms with E-state index in [1.807, 2.05) is 24.3 Å². The van der Waals surface area contributed by atoms with Gasteiger partial charge in [-0.25, -0.2) is 4.98 Å². The van der Waals surface area contributed by atoms with E-state index in [1.54, 1.807) is 18.3 Å². The minimum Gasteiger partial charge on any atom is -0.298 e. The molecule has 0 aliphatic carbocycles. The smallest absolute Gasteiger partial charge is 0.150 e. The quantitative estimate of drug-likeness (QED) is 0.611. The fourth-order valence-corrected chi connectivity index (χ4v) is 1.86. The van der Waals surface area contributed by atoms with Gasteiger partial charge in [-0.15, -0.1) is 0 Å². The second kappa shape index (κ2) is 5.11. The van der Waals surface area contributed by atoms with Crippen LogP contribution in [0.25, 0.3) is 0 Å². The normalized spacial score (nSPS) is 12.1. The average Bonchev–Trinajstić information content (AvgIpc) is 2.38. The summed E-state index contributed by atoms with van der Waals surface area (Å²) in [6.07, 6.45) is 2.48. The lowest BCUT2D eigenvalue weighted by Crippen LogP contribution is -1.97. The van der Waals surface area contributed by atoms with Crippen LogP contribution in [-0.4, -0.2) is 11.3 Å². The number of benzene rings is 1. The Kier molecular flexibility index (Phi) is 3.55. The van der Waals surface area contributed by atoms with E-state index in [4.69, 9.17) is 11.6 Å². The van der Waals surface area contributed by atoms with Crippen LogP contribution >= 0.6 is 11.6 Å². The number of hydrogen-bond acceptors (Lipinski definition) is 2. The molecular formula is C14H11ClNO. The molecule has 85 valence electrons. The van der Waals surface area contributed by atoms with E-state index >= 15 is 0 Å². The van der Waals surface area contributed by atoms with Crippen LogP contribution in [0.15, 0.2) is 42.6 Å². The molecule has 0 saturated carbocycles. The topological polar surface area (TPSA) is 30.0 Å². The zero-order valence-electron chi connectivity index (χ0n) is 9.14. The molecule has 0 saturated heterocycles. The predicted molar refractivity (Wildman–Crippen MR) is 68.3 cm³/mol. The van der Waals surface area contributed by atoms with E-state index in [9.17, 15) is 4.79 Å². The summed E-state index contributed by atoms with van der Waals surface area (Å²) in [5.41, 5.74) is 2.61. The van der Waals surface area contributed by atoms with Crippen LogP contribution in [-0.2, 0) is 0 Å². The molecule has 0 amide bonds. The summed E-state index contributed by atoms with van der Waals surface area (Å²) < 4.78 is 0. The Bertz CT molecular complexity index is 539. The highest BCUT2D eigenvalue weighted by Crippen LogP contribution is 2.25. The maximum atomic E-state index is 10.7. The maximum Gasteiger partial charge on any atom is 0.150 e. The van der Waals surface area contributed by atoms with Gasteiger partial charge >= 0.3 is 0 Å². The third-order valence-corrected chi connectivity index (χ3v) is 2.81. The molecule has 0 bridgehead atoms. The lowest BCUT2D eigenvalue weighted by molar-refractivity contribution is 0.112. The van der Waals surface area contributed by atoms with Crippen molar-refractivity contribution in [2.24, 2.45) is 0 Å². The van der Waals surface area contributed by atoms with Crippen LogP contribution in [0.2, 0.25) is 5.15 Å². The van der Waals surface area contributed by atoms with E-state index < -0.39 is 0 Å². The van der Waals surface area contributed by atoms with Crippen molar-refractivity contribution < 1.29 is 4.79 Å². The van der Waals surface area contributed by atoms with Gasteiger partial charge in [0, 0.05) is 17.7 Å². The number of halogens is 1. The van der Waals surface area contributed by atoms with Gasteiger partial charge in [0.25, 0.3) is 0 Å². The Morgan fingerprint density at radius 2 is 2.00 bits per heavy atom. The van der Waals surface area contributed by atoms with E-state index in [0.717, 1.165) is 17.4 Å². The zero-order valence-corrected chi connectivity index (χ0v) is 9.89. The van der Waals surface area contributed by atoms with Crippen LogP contribution in [0.1, 0.15) is 27.4 Å². The second-order valence-corrected chi connectivity index (χ2v) is 4.14. The molecule has 0 spiro atoms. The Hall–Kier alpha value is -1.67. The maximum absolute atomic E-state index is 10.7. The summed E-state index contributed by atoms with van der Waals surface area (Å²) in [4.78, 5) is 14.7. The molecule has 17 heavy (non-hydrogen) atoms. The molecule has 1 atom stereocenters. The molecule has 2 nitrogen and oxygen atoms in total. The summed E-state index contributed by atoms with van der Waals surface area (Å²) in [6.45, 7) is 4.09. The van der Waals surface area contributed by atoms with Gasteiger partial charge in [0.15, 0.2) is 0 Å². The number of aromatic nitrogens is 1. The molecule has 0 aliphatic heterocycles. The number of carbonyl (C=O) groups is 1. The summed E-state index contributed by atoms with van der Waals surface area (Å²) in [7, 11) is 0. The van der Waals surface area contributed by atoms with Crippen molar-refractivity contribution in [1.29, 1.82) is 0 Å².